The molecule has 1 atom stereocenters. The molecule has 0 bridgehead atoms. The highest BCUT2D eigenvalue weighted by Gasteiger charge is 2.22. The van der Waals surface area contributed by atoms with E-state index in [4.69, 9.17) is 9.47 Å². The van der Waals surface area contributed by atoms with Crippen LogP contribution < -0.4 is 14.8 Å². The Bertz CT molecular complexity index is 755. The van der Waals surface area contributed by atoms with Crippen LogP contribution in [0.5, 0.6) is 11.6 Å². The first-order chi connectivity index (χ1) is 12.2. The fourth-order valence-corrected chi connectivity index (χ4v) is 2.14. The van der Waals surface area contributed by atoms with E-state index in [1.54, 1.807) is 24.3 Å². The van der Waals surface area contributed by atoms with Crippen LogP contribution in [0, 0.1) is 11.2 Å². The van der Waals surface area contributed by atoms with E-state index in [-0.39, 0.29) is 29.7 Å². The molecule has 1 heterocycles. The van der Waals surface area contributed by atoms with E-state index < -0.39 is 5.82 Å². The number of hydrogen-bond acceptors (Lipinski definition) is 4. The first-order valence-electron chi connectivity index (χ1n) is 8.43. The third kappa shape index (κ3) is 4.94. The lowest BCUT2D eigenvalue weighted by atomic mass is 9.88. The zero-order chi connectivity index (χ0) is 19.3. The number of nitrogens with one attached hydrogen (secondary N) is 1. The molecule has 0 aliphatic heterocycles. The number of methoxy groups -OCH3 is 1. The number of pyridine rings is 1. The minimum Gasteiger partial charge on any atom is -0.493 e. The van der Waals surface area contributed by atoms with Gasteiger partial charge in [-0.05, 0) is 24.5 Å². The molecule has 26 heavy (non-hydrogen) atoms. The van der Waals surface area contributed by atoms with E-state index in [0.29, 0.717) is 17.0 Å². The maximum absolute atomic E-state index is 13.7. The number of benzene rings is 1. The Labute approximate surface area is 153 Å². The largest absolute Gasteiger partial charge is 0.493 e. The van der Waals surface area contributed by atoms with Crippen LogP contribution in [0.15, 0.2) is 36.5 Å². The molecule has 1 N–H and O–H groups in total. The first-order valence-corrected chi connectivity index (χ1v) is 8.43. The second-order valence-electron chi connectivity index (χ2n) is 7.17. The van der Waals surface area contributed by atoms with E-state index in [1.165, 1.54) is 19.4 Å². The van der Waals surface area contributed by atoms with Crippen LogP contribution in [0.25, 0.3) is 0 Å². The standard InChI is InChI=1S/C20H25FN2O3/c1-13(20(2,3)4)23-19(24)14-9-10-17(22-11-14)26-12-15-7-6-8-16(21)18(15)25-5/h6-11,13H,12H2,1-5H3,(H,23,24)/t13-/m1/s1. The number of para-hydroxylation sites is 1. The van der Waals surface area contributed by atoms with Gasteiger partial charge in [0, 0.05) is 23.9 Å². The van der Waals surface area contributed by atoms with Crippen molar-refractivity contribution in [3.8, 4) is 11.6 Å². The van der Waals surface area contributed by atoms with Crippen molar-refractivity contribution >= 4 is 5.91 Å². The van der Waals surface area contributed by atoms with Gasteiger partial charge in [0.15, 0.2) is 11.6 Å². The molecule has 0 saturated heterocycles. The van der Waals surface area contributed by atoms with Crippen molar-refractivity contribution in [2.45, 2.75) is 40.3 Å². The molecule has 0 spiro atoms. The van der Waals surface area contributed by atoms with Gasteiger partial charge in [-0.3, -0.25) is 4.79 Å². The third-order valence-corrected chi connectivity index (χ3v) is 4.27. The Morgan fingerprint density at radius 2 is 2.00 bits per heavy atom. The molecule has 0 aliphatic rings. The Hall–Kier alpha value is -2.63. The normalized spacial score (nSPS) is 12.4. The van der Waals surface area contributed by atoms with Crippen molar-refractivity contribution < 1.29 is 18.7 Å². The number of amides is 1. The lowest BCUT2D eigenvalue weighted by Crippen LogP contribution is -2.41. The number of carbonyl (C=O) groups is 1. The first kappa shape index (κ1) is 19.7. The maximum atomic E-state index is 13.7. The van der Waals surface area contributed by atoms with Gasteiger partial charge >= 0.3 is 0 Å². The predicted molar refractivity (Wildman–Crippen MR) is 97.9 cm³/mol. The third-order valence-electron chi connectivity index (χ3n) is 4.27. The molecule has 5 nitrogen and oxygen atoms in total. The highest BCUT2D eigenvalue weighted by Crippen LogP contribution is 2.23. The maximum Gasteiger partial charge on any atom is 0.253 e. The van der Waals surface area contributed by atoms with Crippen LogP contribution in [0.4, 0.5) is 4.39 Å². The minimum atomic E-state index is -0.443. The number of carbonyl (C=O) groups excluding carboxylic acids is 1. The summed E-state index contributed by atoms with van der Waals surface area (Å²) in [7, 11) is 1.41. The van der Waals surface area contributed by atoms with Crippen LogP contribution in [0.3, 0.4) is 0 Å². The van der Waals surface area contributed by atoms with Crippen LogP contribution in [-0.4, -0.2) is 24.0 Å². The summed E-state index contributed by atoms with van der Waals surface area (Å²) >= 11 is 0. The molecule has 0 radical (unpaired) electrons. The second-order valence-corrected chi connectivity index (χ2v) is 7.17. The molecule has 2 aromatic rings. The quantitative estimate of drug-likeness (QED) is 0.847. The van der Waals surface area contributed by atoms with Crippen molar-refractivity contribution in [3.63, 3.8) is 0 Å². The van der Waals surface area contributed by atoms with Gasteiger partial charge in [-0.25, -0.2) is 9.37 Å². The van der Waals surface area contributed by atoms with Gasteiger partial charge in [0.1, 0.15) is 6.61 Å². The van der Waals surface area contributed by atoms with E-state index in [2.05, 4.69) is 31.1 Å². The van der Waals surface area contributed by atoms with Gasteiger partial charge < -0.3 is 14.8 Å². The average Bonchev–Trinajstić information content (AvgIpc) is 2.59. The Kier molecular flexibility index (Phi) is 6.18. The van der Waals surface area contributed by atoms with Crippen molar-refractivity contribution in [1.82, 2.24) is 10.3 Å². The monoisotopic (exact) mass is 360 g/mol. The van der Waals surface area contributed by atoms with Crippen LogP contribution >= 0.6 is 0 Å². The van der Waals surface area contributed by atoms with E-state index >= 15 is 0 Å². The molecule has 6 heteroatoms. The molecule has 1 aromatic heterocycles. The van der Waals surface area contributed by atoms with Crippen molar-refractivity contribution in [2.75, 3.05) is 7.11 Å². The number of nitrogens with zero attached hydrogens (tertiary/aromatic N) is 1. The highest BCUT2D eigenvalue weighted by molar-refractivity contribution is 5.94. The van der Waals surface area contributed by atoms with Gasteiger partial charge in [-0.1, -0.05) is 32.9 Å². The second kappa shape index (κ2) is 8.17. The number of ether oxygens (including phenoxy) is 2. The summed E-state index contributed by atoms with van der Waals surface area (Å²) < 4.78 is 24.3. The van der Waals surface area contributed by atoms with Gasteiger partial charge in [-0.2, -0.15) is 0 Å². The molecule has 2 rings (SSSR count). The SMILES string of the molecule is COc1c(F)cccc1COc1ccc(C(=O)N[C@H](C)C(C)(C)C)cn1. The topological polar surface area (TPSA) is 60.5 Å². The number of aromatic nitrogens is 1. The molecule has 1 aromatic carbocycles. The van der Waals surface area contributed by atoms with E-state index in [0.717, 1.165) is 0 Å². The molecule has 1 amide bonds. The van der Waals surface area contributed by atoms with Crippen LogP contribution in [0.2, 0.25) is 0 Å². The lowest BCUT2D eigenvalue weighted by molar-refractivity contribution is 0.0909. The molecular weight excluding hydrogens is 335 g/mol. The Morgan fingerprint density at radius 3 is 2.58 bits per heavy atom. The minimum absolute atomic E-state index is 0.0198. The van der Waals surface area contributed by atoms with Crippen LogP contribution in [0.1, 0.15) is 43.6 Å². The summed E-state index contributed by atoms with van der Waals surface area (Å²) in [6, 6.07) is 7.92. The van der Waals surface area contributed by atoms with E-state index in [9.17, 15) is 9.18 Å². The number of hydrogen-bond donors (Lipinski definition) is 1. The average molecular weight is 360 g/mol. The van der Waals surface area contributed by atoms with Gasteiger partial charge in [0.05, 0.1) is 12.7 Å². The van der Waals surface area contributed by atoms with Crippen LogP contribution in [-0.2, 0) is 6.61 Å². The summed E-state index contributed by atoms with van der Waals surface area (Å²) in [5, 5.41) is 2.96. The number of halogens is 1. The lowest BCUT2D eigenvalue weighted by Gasteiger charge is -2.28. The fourth-order valence-electron chi connectivity index (χ4n) is 2.14. The molecule has 0 saturated carbocycles. The van der Waals surface area contributed by atoms with Crippen molar-refractivity contribution in [2.24, 2.45) is 5.41 Å². The summed E-state index contributed by atoms with van der Waals surface area (Å²) in [5.74, 6) is -0.128. The molecule has 0 fully saturated rings. The molecule has 0 unspecified atom stereocenters. The molecule has 140 valence electrons. The summed E-state index contributed by atoms with van der Waals surface area (Å²) in [6.07, 6.45) is 1.46. The van der Waals surface area contributed by atoms with E-state index in [1.807, 2.05) is 6.92 Å². The zero-order valence-electron chi connectivity index (χ0n) is 15.8. The molecular formula is C20H25FN2O3. The van der Waals surface area contributed by atoms with Crippen molar-refractivity contribution in [1.29, 1.82) is 0 Å². The summed E-state index contributed by atoms with van der Waals surface area (Å²) in [6.45, 7) is 8.27. The predicted octanol–water partition coefficient (Wildman–Crippen LogP) is 3.97. The van der Waals surface area contributed by atoms with Gasteiger partial charge in [0.2, 0.25) is 5.88 Å². The van der Waals surface area contributed by atoms with Crippen molar-refractivity contribution in [3.05, 3.63) is 53.5 Å². The Morgan fingerprint density at radius 1 is 1.27 bits per heavy atom. The fraction of sp³-hybridized carbons (Fsp3) is 0.400. The number of rotatable bonds is 6. The summed E-state index contributed by atoms with van der Waals surface area (Å²) in [5.41, 5.74) is 1.00. The van der Waals surface area contributed by atoms with Gasteiger partial charge in [0.25, 0.3) is 5.91 Å². The van der Waals surface area contributed by atoms with Gasteiger partial charge in [-0.15, -0.1) is 0 Å². The molecule has 0 aliphatic carbocycles. The zero-order valence-corrected chi connectivity index (χ0v) is 15.8. The Balaban J connectivity index is 2.00. The summed E-state index contributed by atoms with van der Waals surface area (Å²) in [4.78, 5) is 16.4. The highest BCUT2D eigenvalue weighted by atomic mass is 19.1. The smallest absolute Gasteiger partial charge is 0.253 e.